The summed E-state index contributed by atoms with van der Waals surface area (Å²) in [4.78, 5) is 23.4. The Morgan fingerprint density at radius 3 is 2.12 bits per heavy atom. The molecule has 0 saturated heterocycles. The number of benzene rings is 2. The fourth-order valence-electron chi connectivity index (χ4n) is 2.89. The van der Waals surface area contributed by atoms with Crippen LogP contribution in [-0.4, -0.2) is 21.4 Å². The third-order valence-electron chi connectivity index (χ3n) is 4.27. The number of hydrogen-bond acceptors (Lipinski definition) is 2. The second-order valence-electron chi connectivity index (χ2n) is 6.00. The SMILES string of the molecule is Cn1c(CC(=O)O)ccc1C(=O)Cc1ccc(-c2ccccc2)cc1. The second kappa shape index (κ2) is 7.18. The molecule has 126 valence electrons. The Hall–Kier alpha value is -3.14. The lowest BCUT2D eigenvalue weighted by Crippen LogP contribution is -2.12. The van der Waals surface area contributed by atoms with Crippen LogP contribution in [0.25, 0.3) is 11.1 Å². The zero-order valence-electron chi connectivity index (χ0n) is 14.0. The molecule has 4 nitrogen and oxygen atoms in total. The lowest BCUT2D eigenvalue weighted by Gasteiger charge is -2.07. The van der Waals surface area contributed by atoms with E-state index in [1.54, 1.807) is 23.7 Å². The minimum Gasteiger partial charge on any atom is -0.481 e. The van der Waals surface area contributed by atoms with Gasteiger partial charge in [-0.15, -0.1) is 0 Å². The molecule has 0 bridgehead atoms. The smallest absolute Gasteiger partial charge is 0.309 e. The van der Waals surface area contributed by atoms with Crippen LogP contribution < -0.4 is 0 Å². The van der Waals surface area contributed by atoms with Gasteiger partial charge < -0.3 is 9.67 Å². The molecule has 1 aromatic heterocycles. The fourth-order valence-corrected chi connectivity index (χ4v) is 2.89. The Kier molecular flexibility index (Phi) is 4.80. The van der Waals surface area contributed by atoms with Gasteiger partial charge in [-0.1, -0.05) is 54.6 Å². The van der Waals surface area contributed by atoms with Crippen LogP contribution in [0.2, 0.25) is 0 Å². The summed E-state index contributed by atoms with van der Waals surface area (Å²) in [5.74, 6) is -0.928. The lowest BCUT2D eigenvalue weighted by molar-refractivity contribution is -0.136. The average molecular weight is 333 g/mol. The molecule has 0 fully saturated rings. The maximum Gasteiger partial charge on any atom is 0.309 e. The number of carboxylic acids is 1. The highest BCUT2D eigenvalue weighted by Crippen LogP contribution is 2.20. The highest BCUT2D eigenvalue weighted by molar-refractivity contribution is 5.96. The molecule has 0 spiro atoms. The van der Waals surface area contributed by atoms with Crippen LogP contribution in [0.15, 0.2) is 66.7 Å². The predicted octanol–water partition coefficient (Wildman–Crippen LogP) is 3.74. The average Bonchev–Trinajstić information content (AvgIpc) is 2.96. The monoisotopic (exact) mass is 333 g/mol. The number of rotatable bonds is 6. The fraction of sp³-hybridized carbons (Fsp3) is 0.143. The van der Waals surface area contributed by atoms with E-state index in [1.165, 1.54) is 0 Å². The number of carboxylic acid groups (broad SMARTS) is 1. The van der Waals surface area contributed by atoms with Gasteiger partial charge in [0.15, 0.2) is 5.78 Å². The molecule has 0 unspecified atom stereocenters. The van der Waals surface area contributed by atoms with Gasteiger partial charge in [0.2, 0.25) is 0 Å². The van der Waals surface area contributed by atoms with E-state index in [0.29, 0.717) is 17.8 Å². The van der Waals surface area contributed by atoms with Crippen LogP contribution >= 0.6 is 0 Å². The first-order valence-electron chi connectivity index (χ1n) is 8.08. The van der Waals surface area contributed by atoms with Gasteiger partial charge in [0.25, 0.3) is 0 Å². The molecule has 3 aromatic rings. The summed E-state index contributed by atoms with van der Waals surface area (Å²) >= 11 is 0. The molecule has 1 heterocycles. The molecule has 3 rings (SSSR count). The molecular formula is C21H19NO3. The van der Waals surface area contributed by atoms with Crippen LogP contribution in [0.5, 0.6) is 0 Å². The van der Waals surface area contributed by atoms with Crippen molar-refractivity contribution in [3.8, 4) is 11.1 Å². The van der Waals surface area contributed by atoms with Crippen LogP contribution in [0.3, 0.4) is 0 Å². The van der Waals surface area contributed by atoms with Crippen molar-refractivity contribution < 1.29 is 14.7 Å². The summed E-state index contributed by atoms with van der Waals surface area (Å²) < 4.78 is 1.66. The summed E-state index contributed by atoms with van der Waals surface area (Å²) in [5, 5.41) is 8.90. The first-order valence-corrected chi connectivity index (χ1v) is 8.08. The maximum absolute atomic E-state index is 12.5. The van der Waals surface area contributed by atoms with Crippen molar-refractivity contribution >= 4 is 11.8 Å². The minimum absolute atomic E-state index is 0.0217. The van der Waals surface area contributed by atoms with Crippen molar-refractivity contribution in [3.63, 3.8) is 0 Å². The van der Waals surface area contributed by atoms with Crippen LogP contribution in [0.4, 0.5) is 0 Å². The molecule has 0 atom stereocenters. The Balaban J connectivity index is 1.73. The Labute approximate surface area is 146 Å². The van der Waals surface area contributed by atoms with E-state index < -0.39 is 5.97 Å². The topological polar surface area (TPSA) is 59.3 Å². The number of aromatic nitrogens is 1. The summed E-state index contributed by atoms with van der Waals surface area (Å²) in [6, 6.07) is 21.4. The quantitative estimate of drug-likeness (QED) is 0.699. The summed E-state index contributed by atoms with van der Waals surface area (Å²) in [6.45, 7) is 0. The van der Waals surface area contributed by atoms with Gasteiger partial charge in [-0.2, -0.15) is 0 Å². The van der Waals surface area contributed by atoms with Crippen molar-refractivity contribution in [2.75, 3.05) is 0 Å². The van der Waals surface area contributed by atoms with Crippen molar-refractivity contribution in [3.05, 3.63) is 83.7 Å². The zero-order valence-corrected chi connectivity index (χ0v) is 14.0. The number of carbonyl (C=O) groups excluding carboxylic acids is 1. The van der Waals surface area contributed by atoms with Gasteiger partial charge in [0.05, 0.1) is 12.1 Å². The molecule has 2 aromatic carbocycles. The standard InChI is InChI=1S/C21H19NO3/c1-22-18(14-21(24)25)11-12-19(22)20(23)13-15-7-9-17(10-8-15)16-5-3-2-4-6-16/h2-12H,13-14H2,1H3,(H,24,25). The van der Waals surface area contributed by atoms with Crippen molar-refractivity contribution in [2.24, 2.45) is 7.05 Å². The molecule has 0 amide bonds. The molecule has 4 heteroatoms. The second-order valence-corrected chi connectivity index (χ2v) is 6.00. The Morgan fingerprint density at radius 1 is 0.840 bits per heavy atom. The first kappa shape index (κ1) is 16.7. The highest BCUT2D eigenvalue weighted by Gasteiger charge is 2.14. The van der Waals surface area contributed by atoms with Gasteiger partial charge in [0, 0.05) is 19.2 Å². The van der Waals surface area contributed by atoms with Crippen LogP contribution in [0.1, 0.15) is 21.7 Å². The summed E-state index contributed by atoms with van der Waals surface area (Å²) in [7, 11) is 1.73. The zero-order chi connectivity index (χ0) is 17.8. The maximum atomic E-state index is 12.5. The Bertz CT molecular complexity index is 893. The van der Waals surface area contributed by atoms with Gasteiger partial charge in [0.1, 0.15) is 0 Å². The van der Waals surface area contributed by atoms with Crippen molar-refractivity contribution in [1.29, 1.82) is 0 Å². The molecule has 0 aliphatic carbocycles. The van der Waals surface area contributed by atoms with Crippen molar-refractivity contribution in [1.82, 2.24) is 4.57 Å². The lowest BCUT2D eigenvalue weighted by atomic mass is 10.0. The molecular weight excluding hydrogens is 314 g/mol. The third-order valence-corrected chi connectivity index (χ3v) is 4.27. The van der Waals surface area contributed by atoms with E-state index in [2.05, 4.69) is 0 Å². The van der Waals surface area contributed by atoms with E-state index in [1.807, 2.05) is 54.6 Å². The van der Waals surface area contributed by atoms with Gasteiger partial charge in [-0.05, 0) is 28.8 Å². The van der Waals surface area contributed by atoms with Gasteiger partial charge in [-0.3, -0.25) is 9.59 Å². The molecule has 0 aliphatic rings. The number of ketones is 1. The molecule has 25 heavy (non-hydrogen) atoms. The summed E-state index contributed by atoms with van der Waals surface area (Å²) in [6.07, 6.45) is 0.203. The first-order chi connectivity index (χ1) is 12.0. The summed E-state index contributed by atoms with van der Waals surface area (Å²) in [5.41, 5.74) is 4.34. The van der Waals surface area contributed by atoms with Gasteiger partial charge in [-0.25, -0.2) is 0 Å². The number of aliphatic carboxylic acids is 1. The molecule has 0 aliphatic heterocycles. The molecule has 0 saturated carbocycles. The van der Waals surface area contributed by atoms with E-state index in [4.69, 9.17) is 5.11 Å². The van der Waals surface area contributed by atoms with E-state index >= 15 is 0 Å². The van der Waals surface area contributed by atoms with E-state index in [9.17, 15) is 9.59 Å². The molecule has 1 N–H and O–H groups in total. The number of carbonyl (C=O) groups is 2. The highest BCUT2D eigenvalue weighted by atomic mass is 16.4. The number of nitrogens with zero attached hydrogens (tertiary/aromatic N) is 1. The normalized spacial score (nSPS) is 10.6. The minimum atomic E-state index is -0.906. The Morgan fingerprint density at radius 2 is 1.48 bits per heavy atom. The van der Waals surface area contributed by atoms with Crippen LogP contribution in [0, 0.1) is 0 Å². The van der Waals surface area contributed by atoms with E-state index in [-0.39, 0.29) is 12.2 Å². The number of hydrogen-bond donors (Lipinski definition) is 1. The third kappa shape index (κ3) is 3.86. The van der Waals surface area contributed by atoms with Gasteiger partial charge >= 0.3 is 5.97 Å². The largest absolute Gasteiger partial charge is 0.481 e. The predicted molar refractivity (Wildman–Crippen MR) is 96.7 cm³/mol. The van der Waals surface area contributed by atoms with E-state index in [0.717, 1.165) is 16.7 Å². The number of Topliss-reactive ketones (excluding diaryl/α,β-unsaturated/α-hetero) is 1. The molecule has 0 radical (unpaired) electrons. The van der Waals surface area contributed by atoms with Crippen molar-refractivity contribution in [2.45, 2.75) is 12.8 Å². The van der Waals surface area contributed by atoms with Crippen LogP contribution in [-0.2, 0) is 24.7 Å².